The molecule has 0 aliphatic rings. The number of rotatable bonds is 1. The first-order valence-corrected chi connectivity index (χ1v) is 6.61. The third-order valence-electron chi connectivity index (χ3n) is 2.62. The van der Waals surface area contributed by atoms with Gasteiger partial charge in [-0.05, 0) is 19.1 Å². The van der Waals surface area contributed by atoms with Crippen molar-refractivity contribution in [3.8, 4) is 11.3 Å². The largest absolute Gasteiger partial charge is 0.294 e. The summed E-state index contributed by atoms with van der Waals surface area (Å²) in [7, 11) is 0. The summed E-state index contributed by atoms with van der Waals surface area (Å²) in [5.41, 5.74) is 3.43. The summed E-state index contributed by atoms with van der Waals surface area (Å²) in [6, 6.07) is 8.26. The van der Waals surface area contributed by atoms with Crippen LogP contribution in [0.2, 0.25) is 0 Å². The molecule has 16 heavy (non-hydrogen) atoms. The van der Waals surface area contributed by atoms with Crippen molar-refractivity contribution in [2.45, 2.75) is 6.92 Å². The fraction of sp³-hybridized carbons (Fsp3) is 0.0833. The van der Waals surface area contributed by atoms with Gasteiger partial charge in [-0.15, -0.1) is 11.3 Å². The molecule has 2 aromatic heterocycles. The van der Waals surface area contributed by atoms with Crippen molar-refractivity contribution in [2.75, 3.05) is 0 Å². The van der Waals surface area contributed by atoms with Crippen LogP contribution in [0.3, 0.4) is 0 Å². The number of hydrogen-bond acceptors (Lipinski definition) is 2. The Labute approximate surface area is 106 Å². The normalized spacial score (nSPS) is 11.1. The molecule has 2 nitrogen and oxygen atoms in total. The molecule has 2 heterocycles. The zero-order valence-corrected chi connectivity index (χ0v) is 11.0. The van der Waals surface area contributed by atoms with E-state index in [4.69, 9.17) is 0 Å². The Morgan fingerprint density at radius 1 is 1.25 bits per heavy atom. The number of aryl methyl sites for hydroxylation is 1. The van der Waals surface area contributed by atoms with Gasteiger partial charge in [0.1, 0.15) is 0 Å². The highest BCUT2D eigenvalue weighted by atomic mass is 79.9. The Kier molecular flexibility index (Phi) is 2.33. The molecule has 0 bridgehead atoms. The molecule has 0 N–H and O–H groups in total. The van der Waals surface area contributed by atoms with Gasteiger partial charge in [-0.1, -0.05) is 28.1 Å². The van der Waals surface area contributed by atoms with Crippen LogP contribution in [-0.2, 0) is 0 Å². The van der Waals surface area contributed by atoms with Crippen molar-refractivity contribution in [1.82, 2.24) is 9.38 Å². The van der Waals surface area contributed by atoms with E-state index in [0.29, 0.717) is 0 Å². The number of hydrogen-bond donors (Lipinski definition) is 0. The Morgan fingerprint density at radius 3 is 2.69 bits per heavy atom. The van der Waals surface area contributed by atoms with Gasteiger partial charge in [-0.25, -0.2) is 4.98 Å². The number of benzene rings is 1. The number of fused-ring (bicyclic) bond motifs is 1. The van der Waals surface area contributed by atoms with Crippen molar-refractivity contribution >= 4 is 32.2 Å². The van der Waals surface area contributed by atoms with E-state index >= 15 is 0 Å². The molecule has 80 valence electrons. The zero-order valence-electron chi connectivity index (χ0n) is 8.64. The van der Waals surface area contributed by atoms with E-state index in [2.05, 4.69) is 55.9 Å². The van der Waals surface area contributed by atoms with Crippen molar-refractivity contribution in [1.29, 1.82) is 0 Å². The quantitative estimate of drug-likeness (QED) is 0.659. The monoisotopic (exact) mass is 292 g/mol. The molecule has 0 aliphatic heterocycles. The molecule has 0 saturated heterocycles. The summed E-state index contributed by atoms with van der Waals surface area (Å²) >= 11 is 5.10. The Hall–Kier alpha value is -1.13. The number of halogens is 1. The molecular weight excluding hydrogens is 284 g/mol. The maximum atomic E-state index is 4.64. The van der Waals surface area contributed by atoms with Crippen LogP contribution < -0.4 is 0 Å². The summed E-state index contributed by atoms with van der Waals surface area (Å²) < 4.78 is 3.22. The van der Waals surface area contributed by atoms with Gasteiger partial charge in [-0.2, -0.15) is 0 Å². The average Bonchev–Trinajstić information content (AvgIpc) is 2.84. The van der Waals surface area contributed by atoms with Gasteiger partial charge in [0.25, 0.3) is 0 Å². The van der Waals surface area contributed by atoms with Crippen LogP contribution in [0.15, 0.2) is 40.3 Å². The van der Waals surface area contributed by atoms with E-state index < -0.39 is 0 Å². The fourth-order valence-corrected chi connectivity index (χ4v) is 2.80. The van der Waals surface area contributed by atoms with Gasteiger partial charge in [0.05, 0.1) is 5.69 Å². The van der Waals surface area contributed by atoms with Gasteiger partial charge in [0.15, 0.2) is 4.96 Å². The summed E-state index contributed by atoms with van der Waals surface area (Å²) in [5, 5.41) is 2.06. The molecule has 0 unspecified atom stereocenters. The lowest BCUT2D eigenvalue weighted by atomic mass is 10.1. The lowest BCUT2D eigenvalue weighted by molar-refractivity contribution is 1.14. The van der Waals surface area contributed by atoms with E-state index in [1.165, 1.54) is 5.69 Å². The Balaban J connectivity index is 2.21. The smallest absolute Gasteiger partial charge is 0.194 e. The molecule has 3 rings (SSSR count). The standard InChI is InChI=1S/C12H9BrN2S/c1-8-11(9-2-4-10(13)5-3-9)14-12-15(8)6-7-16-12/h2-7H,1H3. The van der Waals surface area contributed by atoms with Crippen molar-refractivity contribution < 1.29 is 0 Å². The predicted molar refractivity (Wildman–Crippen MR) is 70.9 cm³/mol. The van der Waals surface area contributed by atoms with Gasteiger partial charge >= 0.3 is 0 Å². The number of nitrogens with zero attached hydrogens (tertiary/aromatic N) is 2. The minimum Gasteiger partial charge on any atom is -0.294 e. The fourth-order valence-electron chi connectivity index (χ4n) is 1.78. The van der Waals surface area contributed by atoms with Gasteiger partial charge < -0.3 is 0 Å². The van der Waals surface area contributed by atoms with E-state index in [1.54, 1.807) is 11.3 Å². The molecule has 0 amide bonds. The highest BCUT2D eigenvalue weighted by Gasteiger charge is 2.10. The van der Waals surface area contributed by atoms with Crippen LogP contribution in [0.25, 0.3) is 16.2 Å². The number of imidazole rings is 1. The summed E-state index contributed by atoms with van der Waals surface area (Å²) in [6.45, 7) is 2.10. The molecule has 0 aliphatic carbocycles. The molecule has 0 radical (unpaired) electrons. The minimum atomic E-state index is 1.05. The molecule has 0 atom stereocenters. The third kappa shape index (κ3) is 1.49. The average molecular weight is 293 g/mol. The van der Waals surface area contributed by atoms with Crippen molar-refractivity contribution in [3.63, 3.8) is 0 Å². The van der Waals surface area contributed by atoms with Crippen LogP contribution >= 0.6 is 27.3 Å². The van der Waals surface area contributed by atoms with Crippen molar-refractivity contribution in [3.05, 3.63) is 46.0 Å². The number of aromatic nitrogens is 2. The van der Waals surface area contributed by atoms with E-state index in [-0.39, 0.29) is 0 Å². The molecule has 0 fully saturated rings. The third-order valence-corrected chi connectivity index (χ3v) is 3.90. The summed E-state index contributed by atoms with van der Waals surface area (Å²) in [4.78, 5) is 5.69. The zero-order chi connectivity index (χ0) is 11.1. The Morgan fingerprint density at radius 2 is 2.00 bits per heavy atom. The molecule has 1 aromatic carbocycles. The topological polar surface area (TPSA) is 17.3 Å². The second-order valence-electron chi connectivity index (χ2n) is 3.61. The first-order valence-electron chi connectivity index (χ1n) is 4.94. The van der Waals surface area contributed by atoms with E-state index in [1.807, 2.05) is 12.1 Å². The van der Waals surface area contributed by atoms with Crippen LogP contribution in [0, 0.1) is 6.92 Å². The second-order valence-corrected chi connectivity index (χ2v) is 5.40. The molecule has 4 heteroatoms. The Bertz CT molecular complexity index is 637. The highest BCUT2D eigenvalue weighted by molar-refractivity contribution is 9.10. The lowest BCUT2D eigenvalue weighted by Crippen LogP contribution is -1.83. The maximum absolute atomic E-state index is 4.64. The number of thiazole rings is 1. The molecular formula is C12H9BrN2S. The molecule has 0 spiro atoms. The van der Waals surface area contributed by atoms with Crippen LogP contribution in [0.5, 0.6) is 0 Å². The van der Waals surface area contributed by atoms with Gasteiger partial charge in [-0.3, -0.25) is 4.40 Å². The minimum absolute atomic E-state index is 1.05. The first-order chi connectivity index (χ1) is 7.75. The van der Waals surface area contributed by atoms with E-state index in [9.17, 15) is 0 Å². The van der Waals surface area contributed by atoms with Crippen LogP contribution in [0.1, 0.15) is 5.69 Å². The first kappa shape index (κ1) is 10.1. The highest BCUT2D eigenvalue weighted by Crippen LogP contribution is 2.26. The maximum Gasteiger partial charge on any atom is 0.194 e. The summed E-state index contributed by atoms with van der Waals surface area (Å²) in [6.07, 6.45) is 2.06. The second kappa shape index (κ2) is 3.71. The van der Waals surface area contributed by atoms with Crippen LogP contribution in [0.4, 0.5) is 0 Å². The molecule has 3 aromatic rings. The van der Waals surface area contributed by atoms with Crippen molar-refractivity contribution in [2.24, 2.45) is 0 Å². The van der Waals surface area contributed by atoms with Gasteiger partial charge in [0, 0.05) is 27.3 Å². The SMILES string of the molecule is Cc1c(-c2ccc(Br)cc2)nc2sccn12. The van der Waals surface area contributed by atoms with Crippen LogP contribution in [-0.4, -0.2) is 9.38 Å². The predicted octanol–water partition coefficient (Wildman–Crippen LogP) is 4.13. The van der Waals surface area contributed by atoms with E-state index in [0.717, 1.165) is 20.7 Å². The summed E-state index contributed by atoms with van der Waals surface area (Å²) in [5.74, 6) is 0. The van der Waals surface area contributed by atoms with Gasteiger partial charge in [0.2, 0.25) is 0 Å². The molecule has 0 saturated carbocycles. The lowest BCUT2D eigenvalue weighted by Gasteiger charge is -1.99.